The Kier molecular flexibility index (Phi) is 4.44. The molecule has 0 heteroatoms. The van der Waals surface area contributed by atoms with Gasteiger partial charge in [0.1, 0.15) is 0 Å². The second-order valence-electron chi connectivity index (χ2n) is 8.54. The lowest BCUT2D eigenvalue weighted by molar-refractivity contribution is 1.38. The lowest BCUT2D eigenvalue weighted by atomic mass is 9.83. The first-order chi connectivity index (χ1) is 14.5. The first-order valence-corrected chi connectivity index (χ1v) is 10.6. The van der Waals surface area contributed by atoms with Crippen molar-refractivity contribution in [3.63, 3.8) is 0 Å². The summed E-state index contributed by atoms with van der Waals surface area (Å²) in [6.07, 6.45) is 0. The molecule has 0 nitrogen and oxygen atoms in total. The summed E-state index contributed by atoms with van der Waals surface area (Å²) < 4.78 is 0. The summed E-state index contributed by atoms with van der Waals surface area (Å²) in [6, 6.07) is 31.3. The van der Waals surface area contributed by atoms with Gasteiger partial charge in [0.2, 0.25) is 0 Å². The second-order valence-corrected chi connectivity index (χ2v) is 8.54. The molecule has 0 N–H and O–H groups in total. The van der Waals surface area contributed by atoms with Crippen LogP contribution >= 0.6 is 0 Å². The predicted molar refractivity (Wildman–Crippen MR) is 131 cm³/mol. The van der Waals surface area contributed by atoms with Gasteiger partial charge in [-0.15, -0.1) is 0 Å². The van der Waals surface area contributed by atoms with Gasteiger partial charge in [-0.25, -0.2) is 0 Å². The molecule has 0 saturated carbocycles. The van der Waals surface area contributed by atoms with Crippen molar-refractivity contribution < 1.29 is 0 Å². The molecule has 0 aromatic heterocycles. The lowest BCUT2D eigenvalue weighted by Gasteiger charge is -2.21. The van der Waals surface area contributed by atoms with Gasteiger partial charge in [-0.05, 0) is 77.1 Å². The van der Waals surface area contributed by atoms with Crippen molar-refractivity contribution in [1.82, 2.24) is 0 Å². The van der Waals surface area contributed by atoms with Gasteiger partial charge in [-0.3, -0.25) is 0 Å². The summed E-state index contributed by atoms with van der Waals surface area (Å²) in [6.45, 7) is 8.83. The molecule has 0 radical (unpaired) electrons. The van der Waals surface area contributed by atoms with E-state index >= 15 is 0 Å². The maximum Gasteiger partial charge on any atom is -0.00200 e. The zero-order chi connectivity index (χ0) is 20.8. The molecule has 0 unspecified atom stereocenters. The number of rotatable bonds is 2. The average molecular weight is 387 g/mol. The molecule has 0 saturated heterocycles. The highest BCUT2D eigenvalue weighted by atomic mass is 14.2. The Balaban J connectivity index is 2.09. The SMILES string of the molecule is Cc1cc(C)cc(-c2c(-c3ccccc3)c3ccccc3c3c(C)cc(C)cc23)c1. The summed E-state index contributed by atoms with van der Waals surface area (Å²) >= 11 is 0. The Hall–Kier alpha value is -3.38. The molecule has 5 aromatic rings. The van der Waals surface area contributed by atoms with E-state index in [9.17, 15) is 0 Å². The van der Waals surface area contributed by atoms with Crippen LogP contribution in [0.5, 0.6) is 0 Å². The first-order valence-electron chi connectivity index (χ1n) is 10.6. The van der Waals surface area contributed by atoms with E-state index in [1.54, 1.807) is 0 Å². The van der Waals surface area contributed by atoms with Crippen LogP contribution in [0.3, 0.4) is 0 Å². The van der Waals surface area contributed by atoms with Crippen LogP contribution in [0, 0.1) is 27.7 Å². The molecule has 0 aliphatic rings. The van der Waals surface area contributed by atoms with E-state index in [2.05, 4.69) is 113 Å². The number of benzene rings is 5. The van der Waals surface area contributed by atoms with Gasteiger partial charge < -0.3 is 0 Å². The standard InChI is InChI=1S/C30H26/c1-19-14-20(2)17-24(16-19)30-27-18-21(3)15-22(4)28(27)25-12-8-9-13-26(25)29(30)23-10-6-5-7-11-23/h5-18H,1-4H3. The molecule has 0 aliphatic carbocycles. The minimum atomic E-state index is 1.27. The monoisotopic (exact) mass is 386 g/mol. The Morgan fingerprint density at radius 2 is 1.00 bits per heavy atom. The molecule has 5 aromatic carbocycles. The maximum absolute atomic E-state index is 2.37. The van der Waals surface area contributed by atoms with E-state index in [1.165, 1.54) is 66.1 Å². The maximum atomic E-state index is 2.37. The van der Waals surface area contributed by atoms with Crippen LogP contribution < -0.4 is 0 Å². The molecular formula is C30H26. The van der Waals surface area contributed by atoms with Gasteiger partial charge >= 0.3 is 0 Å². The minimum absolute atomic E-state index is 1.27. The molecule has 30 heavy (non-hydrogen) atoms. The Bertz CT molecular complexity index is 1390. The van der Waals surface area contributed by atoms with Crippen LogP contribution in [-0.4, -0.2) is 0 Å². The van der Waals surface area contributed by atoms with Crippen molar-refractivity contribution in [2.24, 2.45) is 0 Å². The van der Waals surface area contributed by atoms with Crippen molar-refractivity contribution in [3.05, 3.63) is 107 Å². The van der Waals surface area contributed by atoms with Crippen LogP contribution in [0.25, 0.3) is 43.8 Å². The van der Waals surface area contributed by atoms with Crippen molar-refractivity contribution in [2.45, 2.75) is 27.7 Å². The Morgan fingerprint density at radius 3 is 1.70 bits per heavy atom. The fraction of sp³-hybridized carbons (Fsp3) is 0.133. The van der Waals surface area contributed by atoms with Gasteiger partial charge in [-0.1, -0.05) is 102 Å². The van der Waals surface area contributed by atoms with E-state index in [1.807, 2.05) is 0 Å². The average Bonchev–Trinajstić information content (AvgIpc) is 2.72. The fourth-order valence-electron chi connectivity index (χ4n) is 5.03. The highest BCUT2D eigenvalue weighted by Crippen LogP contribution is 2.45. The predicted octanol–water partition coefficient (Wildman–Crippen LogP) is 8.56. The summed E-state index contributed by atoms with van der Waals surface area (Å²) in [7, 11) is 0. The largest absolute Gasteiger partial charge is 0.0622 e. The smallest absolute Gasteiger partial charge is 0.00200 e. The van der Waals surface area contributed by atoms with Gasteiger partial charge in [-0.2, -0.15) is 0 Å². The van der Waals surface area contributed by atoms with Crippen LogP contribution in [0.15, 0.2) is 84.9 Å². The molecule has 5 rings (SSSR count). The van der Waals surface area contributed by atoms with E-state index in [0.717, 1.165) is 0 Å². The fourth-order valence-corrected chi connectivity index (χ4v) is 5.03. The minimum Gasteiger partial charge on any atom is -0.0622 e. The topological polar surface area (TPSA) is 0 Å². The number of fused-ring (bicyclic) bond motifs is 3. The molecule has 0 atom stereocenters. The van der Waals surface area contributed by atoms with Crippen molar-refractivity contribution in [2.75, 3.05) is 0 Å². The molecule has 0 spiro atoms. The molecular weight excluding hydrogens is 360 g/mol. The van der Waals surface area contributed by atoms with Gasteiger partial charge in [0.05, 0.1) is 0 Å². The van der Waals surface area contributed by atoms with E-state index in [-0.39, 0.29) is 0 Å². The van der Waals surface area contributed by atoms with Crippen molar-refractivity contribution in [1.29, 1.82) is 0 Å². The van der Waals surface area contributed by atoms with Crippen LogP contribution in [0.1, 0.15) is 22.3 Å². The quantitative estimate of drug-likeness (QED) is 0.267. The van der Waals surface area contributed by atoms with E-state index < -0.39 is 0 Å². The summed E-state index contributed by atoms with van der Waals surface area (Å²) in [5.41, 5.74) is 10.5. The molecule has 0 bridgehead atoms. The molecule has 0 fully saturated rings. The molecule has 0 amide bonds. The van der Waals surface area contributed by atoms with Crippen LogP contribution in [0.2, 0.25) is 0 Å². The highest BCUT2D eigenvalue weighted by Gasteiger charge is 2.19. The first kappa shape index (κ1) is 18.6. The zero-order valence-corrected chi connectivity index (χ0v) is 18.1. The Labute approximate surface area is 178 Å². The van der Waals surface area contributed by atoms with Crippen molar-refractivity contribution >= 4 is 21.5 Å². The molecule has 0 heterocycles. The van der Waals surface area contributed by atoms with E-state index in [0.29, 0.717) is 0 Å². The second kappa shape index (κ2) is 7.15. The van der Waals surface area contributed by atoms with Gasteiger partial charge in [0.15, 0.2) is 0 Å². The third kappa shape index (κ3) is 3.00. The highest BCUT2D eigenvalue weighted by molar-refractivity contribution is 6.22. The van der Waals surface area contributed by atoms with Crippen LogP contribution in [-0.2, 0) is 0 Å². The summed E-state index contributed by atoms with van der Waals surface area (Å²) in [5, 5.41) is 5.36. The third-order valence-corrected chi connectivity index (χ3v) is 6.04. The summed E-state index contributed by atoms with van der Waals surface area (Å²) in [5.74, 6) is 0. The normalized spacial score (nSPS) is 11.3. The number of aryl methyl sites for hydroxylation is 4. The van der Waals surface area contributed by atoms with E-state index in [4.69, 9.17) is 0 Å². The van der Waals surface area contributed by atoms with Gasteiger partial charge in [0, 0.05) is 0 Å². The summed E-state index contributed by atoms with van der Waals surface area (Å²) in [4.78, 5) is 0. The molecule has 146 valence electrons. The Morgan fingerprint density at radius 1 is 0.433 bits per heavy atom. The number of hydrogen-bond donors (Lipinski definition) is 0. The van der Waals surface area contributed by atoms with Gasteiger partial charge in [0.25, 0.3) is 0 Å². The zero-order valence-electron chi connectivity index (χ0n) is 18.1. The molecule has 0 aliphatic heterocycles. The van der Waals surface area contributed by atoms with Crippen molar-refractivity contribution in [3.8, 4) is 22.3 Å². The van der Waals surface area contributed by atoms with Crippen LogP contribution in [0.4, 0.5) is 0 Å². The lowest BCUT2D eigenvalue weighted by Crippen LogP contribution is -1.94. The number of hydrogen-bond acceptors (Lipinski definition) is 0. The third-order valence-electron chi connectivity index (χ3n) is 6.04.